The van der Waals surface area contributed by atoms with Crippen LogP contribution < -0.4 is 5.32 Å². The van der Waals surface area contributed by atoms with E-state index < -0.39 is 36.1 Å². The van der Waals surface area contributed by atoms with E-state index in [0.717, 1.165) is 22.9 Å². The Balaban J connectivity index is 1.26. The van der Waals surface area contributed by atoms with Crippen molar-refractivity contribution in [2.75, 3.05) is 25.0 Å². The number of aromatic nitrogens is 5. The number of hydrogen-bond donors (Lipinski definition) is 2. The number of anilines is 1. The molecule has 14 heteroatoms. The monoisotopic (exact) mass is 523 g/mol. The molecule has 0 unspecified atom stereocenters. The molecule has 0 atom stereocenters. The molecule has 37 heavy (non-hydrogen) atoms. The minimum Gasteiger partial charge on any atom is -0.359 e. The number of hydrogen-bond acceptors (Lipinski definition) is 5. The van der Waals surface area contributed by atoms with Crippen molar-refractivity contribution in [2.24, 2.45) is 0 Å². The molecule has 1 aliphatic rings. The molecular formula is C23H19F6N7O. The minimum absolute atomic E-state index is 0.126. The number of aromatic amines is 1. The summed E-state index contributed by atoms with van der Waals surface area (Å²) in [5.41, 5.74) is 0.708. The van der Waals surface area contributed by atoms with Gasteiger partial charge in [0.05, 0.1) is 41.5 Å². The largest absolute Gasteiger partial charge is 0.401 e. The summed E-state index contributed by atoms with van der Waals surface area (Å²) in [7, 11) is 0. The third kappa shape index (κ3) is 5.28. The van der Waals surface area contributed by atoms with E-state index in [1.807, 2.05) is 0 Å². The first-order valence-corrected chi connectivity index (χ1v) is 11.2. The van der Waals surface area contributed by atoms with Gasteiger partial charge in [0.25, 0.3) is 5.91 Å². The molecule has 8 nitrogen and oxygen atoms in total. The summed E-state index contributed by atoms with van der Waals surface area (Å²) in [5.74, 6) is -3.74. The number of benzene rings is 1. The van der Waals surface area contributed by atoms with Gasteiger partial charge in [-0.15, -0.1) is 5.10 Å². The summed E-state index contributed by atoms with van der Waals surface area (Å²) in [6.45, 7) is -0.619. The van der Waals surface area contributed by atoms with Crippen molar-refractivity contribution in [2.45, 2.75) is 24.9 Å². The van der Waals surface area contributed by atoms with Crippen LogP contribution in [0.4, 0.5) is 32.0 Å². The lowest BCUT2D eigenvalue weighted by Crippen LogP contribution is -2.39. The van der Waals surface area contributed by atoms with E-state index >= 15 is 0 Å². The lowest BCUT2D eigenvalue weighted by Gasteiger charge is -2.32. The van der Waals surface area contributed by atoms with Crippen molar-refractivity contribution in [3.05, 3.63) is 65.6 Å². The summed E-state index contributed by atoms with van der Waals surface area (Å²) in [6, 6.07) is 3.08. The molecule has 1 amide bonds. The highest BCUT2D eigenvalue weighted by molar-refractivity contribution is 6.07. The van der Waals surface area contributed by atoms with Gasteiger partial charge in [0.1, 0.15) is 5.82 Å². The van der Waals surface area contributed by atoms with Crippen LogP contribution in [0, 0.1) is 17.5 Å². The predicted molar refractivity (Wildman–Crippen MR) is 120 cm³/mol. The lowest BCUT2D eigenvalue weighted by atomic mass is 9.92. The van der Waals surface area contributed by atoms with Gasteiger partial charge in [0.2, 0.25) is 0 Å². The van der Waals surface area contributed by atoms with Crippen molar-refractivity contribution in [1.29, 1.82) is 0 Å². The van der Waals surface area contributed by atoms with Crippen molar-refractivity contribution < 1.29 is 31.1 Å². The smallest absolute Gasteiger partial charge is 0.359 e. The van der Waals surface area contributed by atoms with Crippen LogP contribution in [0.2, 0.25) is 0 Å². The number of carbonyl (C=O) groups excluding carboxylic acids is 1. The Kier molecular flexibility index (Phi) is 6.35. The summed E-state index contributed by atoms with van der Waals surface area (Å²) in [5, 5.41) is 10.4. The number of rotatable bonds is 5. The first-order chi connectivity index (χ1) is 17.6. The second kappa shape index (κ2) is 9.50. The highest BCUT2D eigenvalue weighted by Crippen LogP contribution is 2.31. The Hall–Kier alpha value is -3.94. The number of H-pyrrole nitrogens is 1. The Morgan fingerprint density at radius 2 is 1.81 bits per heavy atom. The molecule has 5 rings (SSSR count). The maximum atomic E-state index is 14.9. The zero-order chi connectivity index (χ0) is 26.3. The topological polar surface area (TPSA) is 91.7 Å². The summed E-state index contributed by atoms with van der Waals surface area (Å²) in [4.78, 5) is 20.8. The molecule has 1 aliphatic heterocycles. The number of fused-ring (bicyclic) bond motifs is 1. The van der Waals surface area contributed by atoms with E-state index in [9.17, 15) is 31.1 Å². The average Bonchev–Trinajstić information content (AvgIpc) is 3.47. The van der Waals surface area contributed by atoms with Crippen LogP contribution in [0.3, 0.4) is 0 Å². The number of nitrogens with zero attached hydrogens (tertiary/aromatic N) is 5. The molecule has 3 aromatic heterocycles. The number of nitrogens with one attached hydrogen (secondary N) is 2. The Bertz CT molecular complexity index is 1460. The molecule has 4 aromatic rings. The fraction of sp³-hybridized carbons (Fsp3) is 0.304. The van der Waals surface area contributed by atoms with Crippen molar-refractivity contribution in [3.8, 4) is 5.69 Å². The van der Waals surface area contributed by atoms with E-state index in [0.29, 0.717) is 12.8 Å². The Morgan fingerprint density at radius 3 is 2.51 bits per heavy atom. The summed E-state index contributed by atoms with van der Waals surface area (Å²) >= 11 is 0. The van der Waals surface area contributed by atoms with Gasteiger partial charge in [0.15, 0.2) is 17.3 Å². The van der Waals surface area contributed by atoms with Crippen LogP contribution >= 0.6 is 0 Å². The quantitative estimate of drug-likeness (QED) is 0.375. The molecule has 2 N–H and O–H groups in total. The van der Waals surface area contributed by atoms with Gasteiger partial charge in [-0.25, -0.2) is 17.9 Å². The van der Waals surface area contributed by atoms with Gasteiger partial charge in [-0.05, 0) is 32.0 Å². The van der Waals surface area contributed by atoms with Gasteiger partial charge in [-0.1, -0.05) is 5.21 Å². The number of carbonyl (C=O) groups is 1. The van der Waals surface area contributed by atoms with Gasteiger partial charge in [-0.3, -0.25) is 14.7 Å². The summed E-state index contributed by atoms with van der Waals surface area (Å²) < 4.78 is 80.8. The molecule has 0 bridgehead atoms. The molecule has 1 aromatic carbocycles. The zero-order valence-electron chi connectivity index (χ0n) is 19.0. The molecule has 194 valence electrons. The molecule has 0 spiro atoms. The number of likely N-dealkylation sites (tertiary alicyclic amines) is 1. The lowest BCUT2D eigenvalue weighted by molar-refractivity contribution is -0.148. The molecule has 0 radical (unpaired) electrons. The fourth-order valence-corrected chi connectivity index (χ4v) is 4.38. The van der Waals surface area contributed by atoms with Gasteiger partial charge in [-0.2, -0.15) is 13.2 Å². The zero-order valence-corrected chi connectivity index (χ0v) is 19.0. The Labute approximate surface area is 205 Å². The second-order valence-corrected chi connectivity index (χ2v) is 8.74. The van der Waals surface area contributed by atoms with Gasteiger partial charge < -0.3 is 10.3 Å². The number of halogens is 6. The van der Waals surface area contributed by atoms with Gasteiger partial charge >= 0.3 is 6.18 Å². The fourth-order valence-electron chi connectivity index (χ4n) is 4.38. The normalized spacial score (nSPS) is 15.4. The van der Waals surface area contributed by atoms with Gasteiger partial charge in [0, 0.05) is 29.6 Å². The van der Waals surface area contributed by atoms with E-state index in [1.165, 1.54) is 23.5 Å². The Morgan fingerprint density at radius 1 is 1.08 bits per heavy atom. The van der Waals surface area contributed by atoms with E-state index in [4.69, 9.17) is 0 Å². The SMILES string of the molecule is O=C(Nc1c[nH]c2cc(F)c(F)cc12)c1cn(-c2cnc(C3CCN(CC(F)(F)F)CC3)c(F)c2)nn1. The molecule has 1 fully saturated rings. The molecule has 0 saturated carbocycles. The van der Waals surface area contributed by atoms with E-state index in [2.05, 4.69) is 25.6 Å². The first-order valence-electron chi connectivity index (χ1n) is 11.2. The van der Waals surface area contributed by atoms with Crippen molar-refractivity contribution >= 4 is 22.5 Å². The van der Waals surface area contributed by atoms with Crippen LogP contribution in [0.1, 0.15) is 34.9 Å². The van der Waals surface area contributed by atoms with Crippen LogP contribution in [-0.4, -0.2) is 61.6 Å². The first kappa shape index (κ1) is 24.7. The number of piperidine rings is 1. The van der Waals surface area contributed by atoms with Crippen LogP contribution in [-0.2, 0) is 0 Å². The minimum atomic E-state index is -4.28. The molecule has 1 saturated heterocycles. The maximum absolute atomic E-state index is 14.9. The predicted octanol–water partition coefficient (Wildman–Crippen LogP) is 4.55. The van der Waals surface area contributed by atoms with Crippen LogP contribution in [0.15, 0.2) is 36.8 Å². The van der Waals surface area contributed by atoms with E-state index in [1.54, 1.807) is 0 Å². The third-order valence-electron chi connectivity index (χ3n) is 6.19. The molecule has 0 aliphatic carbocycles. The highest BCUT2D eigenvalue weighted by atomic mass is 19.4. The number of pyridine rings is 1. The molecular weight excluding hydrogens is 504 g/mol. The van der Waals surface area contributed by atoms with Crippen molar-refractivity contribution in [1.82, 2.24) is 29.9 Å². The van der Waals surface area contributed by atoms with E-state index in [-0.39, 0.29) is 52.7 Å². The standard InChI is InChI=1S/C23H19F6N7O/c24-15-6-14-18(7-16(15)25)30-9-19(14)32-22(37)20-10-36(34-33-20)13-5-17(26)21(31-8-13)12-1-3-35(4-2-12)11-23(27,28)29/h5-10,12,30H,1-4,11H2,(H,32,37). The van der Waals surface area contributed by atoms with Crippen molar-refractivity contribution in [3.63, 3.8) is 0 Å². The van der Waals surface area contributed by atoms with Crippen LogP contribution in [0.5, 0.6) is 0 Å². The molecule has 4 heterocycles. The number of amides is 1. The van der Waals surface area contributed by atoms with Crippen LogP contribution in [0.25, 0.3) is 16.6 Å². The number of alkyl halides is 3. The second-order valence-electron chi connectivity index (χ2n) is 8.74. The maximum Gasteiger partial charge on any atom is 0.401 e. The average molecular weight is 523 g/mol. The summed E-state index contributed by atoms with van der Waals surface area (Å²) in [6.07, 6.45) is 0.370. The third-order valence-corrected chi connectivity index (χ3v) is 6.19. The highest BCUT2D eigenvalue weighted by Gasteiger charge is 2.33.